The number of carbonyl (C=O) groups is 2. The molecule has 0 saturated heterocycles. The van der Waals surface area contributed by atoms with Crippen LogP contribution in [0.15, 0.2) is 66.7 Å². The van der Waals surface area contributed by atoms with E-state index in [1.54, 1.807) is 48.2 Å². The molecule has 0 aliphatic rings. The van der Waals surface area contributed by atoms with E-state index in [0.717, 1.165) is 24.7 Å². The Morgan fingerprint density at radius 3 is 2.30 bits per heavy atom. The Kier molecular flexibility index (Phi) is 13.2. The van der Waals surface area contributed by atoms with Gasteiger partial charge in [0.2, 0.25) is 21.8 Å². The fourth-order valence-corrected chi connectivity index (χ4v) is 6.40. The lowest BCUT2D eigenvalue weighted by Gasteiger charge is -2.32. The van der Waals surface area contributed by atoms with Gasteiger partial charge in [-0.3, -0.25) is 13.9 Å². The Hall–Kier alpha value is -2.78. The second-order valence-electron chi connectivity index (χ2n) is 10.4. The van der Waals surface area contributed by atoms with Gasteiger partial charge in [0.15, 0.2) is 0 Å². The van der Waals surface area contributed by atoms with Gasteiger partial charge >= 0.3 is 0 Å². The summed E-state index contributed by atoms with van der Waals surface area (Å²) in [6.07, 6.45) is 3.37. The van der Waals surface area contributed by atoms with Crippen LogP contribution in [0.3, 0.4) is 0 Å². The summed E-state index contributed by atoms with van der Waals surface area (Å²) in [7, 11) is -3.66. The minimum Gasteiger partial charge on any atom is -0.354 e. The van der Waals surface area contributed by atoms with Gasteiger partial charge in [0.05, 0.1) is 11.9 Å². The van der Waals surface area contributed by atoms with Crippen LogP contribution in [-0.4, -0.2) is 50.5 Å². The molecule has 7 nitrogen and oxygen atoms in total. The summed E-state index contributed by atoms with van der Waals surface area (Å²) in [5, 5.41) is 4.28. The number of nitrogens with one attached hydrogen (secondary N) is 1. The summed E-state index contributed by atoms with van der Waals surface area (Å²) < 4.78 is 26.8. The van der Waals surface area contributed by atoms with Crippen molar-refractivity contribution in [3.05, 3.63) is 98.5 Å². The van der Waals surface area contributed by atoms with Crippen molar-refractivity contribution in [1.82, 2.24) is 10.2 Å². The monoisotopic (exact) mass is 665 g/mol. The number of halogens is 3. The minimum absolute atomic E-state index is 0.00434. The summed E-state index contributed by atoms with van der Waals surface area (Å²) in [6, 6.07) is 18.8. The zero-order chi connectivity index (χ0) is 31.6. The number of hydrogen-bond donors (Lipinski definition) is 1. The summed E-state index contributed by atoms with van der Waals surface area (Å²) in [6.45, 7) is 4.43. The third-order valence-corrected chi connectivity index (χ3v) is 9.29. The van der Waals surface area contributed by atoms with E-state index in [0.29, 0.717) is 44.8 Å². The molecule has 1 unspecified atom stereocenters. The predicted octanol–water partition coefficient (Wildman–Crippen LogP) is 7.06. The Balaban J connectivity index is 1.92. The standard InChI is InChI=1S/C32H38Cl3N3O4S/c1-4-5-18-36-32(40)30(20-24-11-7-6-8-12-24)37(22-25-16-17-26(33)21-28(25)35)31(39)15-10-19-38(43(3,41)42)29-14-9-13-27(34)23(29)2/h6-9,11-14,16-17,21,30H,4-5,10,15,18-20,22H2,1-3H3,(H,36,40). The quantitative estimate of drug-likeness (QED) is 0.176. The number of unbranched alkanes of at least 4 members (excludes halogenated alkanes) is 1. The number of nitrogens with zero attached hydrogens (tertiary/aromatic N) is 2. The number of sulfonamides is 1. The number of rotatable bonds is 15. The van der Waals surface area contributed by atoms with Crippen molar-refractivity contribution >= 4 is 62.3 Å². The van der Waals surface area contributed by atoms with Gasteiger partial charge in [-0.15, -0.1) is 0 Å². The van der Waals surface area contributed by atoms with Crippen molar-refractivity contribution in [2.75, 3.05) is 23.7 Å². The highest BCUT2D eigenvalue weighted by molar-refractivity contribution is 7.92. The van der Waals surface area contributed by atoms with Crippen LogP contribution in [0.1, 0.15) is 49.3 Å². The molecule has 1 atom stereocenters. The van der Waals surface area contributed by atoms with E-state index in [-0.39, 0.29) is 37.7 Å². The molecule has 1 N–H and O–H groups in total. The van der Waals surface area contributed by atoms with Gasteiger partial charge in [0.1, 0.15) is 6.04 Å². The number of carbonyl (C=O) groups excluding carboxylic acids is 2. The van der Waals surface area contributed by atoms with E-state index >= 15 is 0 Å². The first-order valence-corrected chi connectivity index (χ1v) is 17.2. The lowest BCUT2D eigenvalue weighted by molar-refractivity contribution is -0.141. The van der Waals surface area contributed by atoms with Crippen LogP contribution in [0.5, 0.6) is 0 Å². The van der Waals surface area contributed by atoms with Crippen LogP contribution in [0.4, 0.5) is 5.69 Å². The molecule has 3 rings (SSSR count). The molecule has 43 heavy (non-hydrogen) atoms. The van der Waals surface area contributed by atoms with Gasteiger partial charge in [-0.25, -0.2) is 8.42 Å². The van der Waals surface area contributed by atoms with Crippen molar-refractivity contribution in [3.8, 4) is 0 Å². The largest absolute Gasteiger partial charge is 0.354 e. The molecule has 0 spiro atoms. The number of anilines is 1. The fraction of sp³-hybridized carbons (Fsp3) is 0.375. The SMILES string of the molecule is CCCCNC(=O)C(Cc1ccccc1)N(Cc1ccc(Cl)cc1Cl)C(=O)CCCN(c1cccc(Cl)c1C)S(C)(=O)=O. The Labute approximate surface area is 270 Å². The zero-order valence-corrected chi connectivity index (χ0v) is 27.7. The van der Waals surface area contributed by atoms with E-state index in [4.69, 9.17) is 34.8 Å². The molecule has 0 aliphatic heterocycles. The molecule has 11 heteroatoms. The maximum Gasteiger partial charge on any atom is 0.243 e. The third-order valence-electron chi connectivity index (χ3n) is 7.12. The van der Waals surface area contributed by atoms with Crippen LogP contribution < -0.4 is 9.62 Å². The summed E-state index contributed by atoms with van der Waals surface area (Å²) in [5.41, 5.74) is 2.64. The Morgan fingerprint density at radius 1 is 0.930 bits per heavy atom. The number of hydrogen-bond acceptors (Lipinski definition) is 4. The normalized spacial score (nSPS) is 12.0. The van der Waals surface area contributed by atoms with Gasteiger partial charge in [-0.05, 0) is 60.7 Å². The minimum atomic E-state index is -3.66. The molecule has 0 saturated carbocycles. The van der Waals surface area contributed by atoms with Crippen LogP contribution in [-0.2, 0) is 32.6 Å². The summed E-state index contributed by atoms with van der Waals surface area (Å²) in [5.74, 6) is -0.558. The van der Waals surface area contributed by atoms with Crippen LogP contribution >= 0.6 is 34.8 Å². The topological polar surface area (TPSA) is 86.8 Å². The van der Waals surface area contributed by atoms with Gasteiger partial charge < -0.3 is 10.2 Å². The van der Waals surface area contributed by atoms with Crippen molar-refractivity contribution in [2.45, 2.75) is 58.5 Å². The molecule has 232 valence electrons. The average Bonchev–Trinajstić information content (AvgIpc) is 2.95. The maximum atomic E-state index is 14.0. The van der Waals surface area contributed by atoms with E-state index in [1.165, 1.54) is 4.31 Å². The predicted molar refractivity (Wildman–Crippen MR) is 176 cm³/mol. The van der Waals surface area contributed by atoms with Crippen LogP contribution in [0.2, 0.25) is 15.1 Å². The first-order chi connectivity index (χ1) is 20.4. The number of benzene rings is 3. The van der Waals surface area contributed by atoms with E-state index in [2.05, 4.69) is 5.32 Å². The van der Waals surface area contributed by atoms with Crippen LogP contribution in [0.25, 0.3) is 0 Å². The fourth-order valence-electron chi connectivity index (χ4n) is 4.74. The van der Waals surface area contributed by atoms with Gasteiger partial charge in [-0.1, -0.05) is 90.6 Å². The molecule has 0 aliphatic carbocycles. The third kappa shape index (κ3) is 10.1. The second-order valence-corrected chi connectivity index (χ2v) is 13.6. The van der Waals surface area contributed by atoms with Crippen molar-refractivity contribution < 1.29 is 18.0 Å². The van der Waals surface area contributed by atoms with Gasteiger partial charge in [-0.2, -0.15) is 0 Å². The number of amides is 2. The highest BCUT2D eigenvalue weighted by Crippen LogP contribution is 2.29. The van der Waals surface area contributed by atoms with Crippen molar-refractivity contribution in [3.63, 3.8) is 0 Å². The van der Waals surface area contributed by atoms with E-state index in [1.807, 2.05) is 37.3 Å². The lowest BCUT2D eigenvalue weighted by atomic mass is 10.0. The molecule has 2 amide bonds. The average molecular weight is 667 g/mol. The van der Waals surface area contributed by atoms with E-state index in [9.17, 15) is 18.0 Å². The molecular formula is C32H38Cl3N3O4S. The molecule has 0 aromatic heterocycles. The smallest absolute Gasteiger partial charge is 0.243 e. The van der Waals surface area contributed by atoms with Gasteiger partial charge in [0, 0.05) is 47.5 Å². The molecule has 0 fully saturated rings. The van der Waals surface area contributed by atoms with Crippen molar-refractivity contribution in [2.24, 2.45) is 0 Å². The van der Waals surface area contributed by atoms with E-state index < -0.39 is 16.1 Å². The zero-order valence-electron chi connectivity index (χ0n) is 24.7. The van der Waals surface area contributed by atoms with Gasteiger partial charge in [0.25, 0.3) is 0 Å². The maximum absolute atomic E-state index is 14.0. The second kappa shape index (κ2) is 16.3. The molecule has 0 heterocycles. The van der Waals surface area contributed by atoms with Crippen LogP contribution in [0, 0.1) is 6.92 Å². The van der Waals surface area contributed by atoms with Crippen molar-refractivity contribution in [1.29, 1.82) is 0 Å². The molecule has 3 aromatic carbocycles. The Morgan fingerprint density at radius 2 is 1.65 bits per heavy atom. The molecule has 3 aromatic rings. The first kappa shape index (κ1) is 34.7. The highest BCUT2D eigenvalue weighted by Gasteiger charge is 2.31. The highest BCUT2D eigenvalue weighted by atomic mass is 35.5. The first-order valence-electron chi connectivity index (χ1n) is 14.2. The Bertz CT molecular complexity index is 1500. The lowest BCUT2D eigenvalue weighted by Crippen LogP contribution is -2.50. The summed E-state index contributed by atoms with van der Waals surface area (Å²) >= 11 is 18.9. The molecule has 0 radical (unpaired) electrons. The summed E-state index contributed by atoms with van der Waals surface area (Å²) in [4.78, 5) is 29.1. The molecular weight excluding hydrogens is 629 g/mol. The molecule has 0 bridgehead atoms.